The minimum absolute atomic E-state index is 0.0330. The summed E-state index contributed by atoms with van der Waals surface area (Å²) in [6.07, 6.45) is 2.03. The Hall–Kier alpha value is -1.39. The largest absolute Gasteiger partial charge is 0.356 e. The molecule has 0 radical (unpaired) electrons. The fourth-order valence-corrected chi connectivity index (χ4v) is 2.09. The van der Waals surface area contributed by atoms with Crippen molar-refractivity contribution >= 4 is 5.91 Å². The Balaban J connectivity index is 1.69. The zero-order valence-electron chi connectivity index (χ0n) is 11.4. The van der Waals surface area contributed by atoms with Crippen molar-refractivity contribution in [1.82, 2.24) is 5.32 Å². The second-order valence-corrected chi connectivity index (χ2v) is 4.95. The highest BCUT2D eigenvalue weighted by Crippen LogP contribution is 2.21. The van der Waals surface area contributed by atoms with Crippen LogP contribution < -0.4 is 5.32 Å². The van der Waals surface area contributed by atoms with Gasteiger partial charge in [0.15, 0.2) is 5.79 Å². The predicted octanol–water partition coefficient (Wildman–Crippen LogP) is 1.89. The molecule has 2 rings (SSSR count). The molecule has 1 amide bonds. The first-order valence-corrected chi connectivity index (χ1v) is 6.76. The van der Waals surface area contributed by atoms with Gasteiger partial charge in [0, 0.05) is 13.0 Å². The molecule has 1 fully saturated rings. The Morgan fingerprint density at radius 2 is 1.95 bits per heavy atom. The molecule has 0 saturated carbocycles. The summed E-state index contributed by atoms with van der Waals surface area (Å²) in [4.78, 5) is 11.8. The number of ether oxygens (including phenoxy) is 2. The van der Waals surface area contributed by atoms with Crippen LogP contribution in [0.15, 0.2) is 30.3 Å². The van der Waals surface area contributed by atoms with Gasteiger partial charge in [0.1, 0.15) is 0 Å². The lowest BCUT2D eigenvalue weighted by Crippen LogP contribution is -2.41. The predicted molar refractivity (Wildman–Crippen MR) is 72.7 cm³/mol. The van der Waals surface area contributed by atoms with Gasteiger partial charge < -0.3 is 14.8 Å². The highest BCUT2D eigenvalue weighted by atomic mass is 16.7. The van der Waals surface area contributed by atoms with Crippen molar-refractivity contribution in [3.63, 3.8) is 0 Å². The molecule has 0 atom stereocenters. The monoisotopic (exact) mass is 263 g/mol. The third kappa shape index (κ3) is 4.65. The molecule has 1 N–H and O–H groups in total. The van der Waals surface area contributed by atoms with E-state index in [2.05, 4.69) is 5.32 Å². The van der Waals surface area contributed by atoms with Gasteiger partial charge in [-0.15, -0.1) is 0 Å². The highest BCUT2D eigenvalue weighted by molar-refractivity contribution is 5.78. The van der Waals surface area contributed by atoms with Crippen molar-refractivity contribution in [1.29, 1.82) is 0 Å². The second-order valence-electron chi connectivity index (χ2n) is 4.95. The molecule has 4 nitrogen and oxygen atoms in total. The van der Waals surface area contributed by atoms with Crippen LogP contribution in [-0.4, -0.2) is 31.5 Å². The lowest BCUT2D eigenvalue weighted by molar-refractivity contribution is -0.257. The van der Waals surface area contributed by atoms with Crippen LogP contribution in [0.25, 0.3) is 0 Å². The van der Waals surface area contributed by atoms with Gasteiger partial charge in [0.25, 0.3) is 0 Å². The summed E-state index contributed by atoms with van der Waals surface area (Å²) < 4.78 is 11.2. The zero-order chi connectivity index (χ0) is 13.6. The van der Waals surface area contributed by atoms with Crippen LogP contribution in [0, 0.1) is 0 Å². The molecule has 1 aromatic rings. The van der Waals surface area contributed by atoms with E-state index < -0.39 is 5.79 Å². The molecule has 0 aliphatic carbocycles. The van der Waals surface area contributed by atoms with Crippen molar-refractivity contribution in [2.24, 2.45) is 0 Å². The van der Waals surface area contributed by atoms with Gasteiger partial charge in [0.2, 0.25) is 5.91 Å². The molecule has 19 heavy (non-hydrogen) atoms. The fourth-order valence-electron chi connectivity index (χ4n) is 2.09. The maximum absolute atomic E-state index is 11.8. The van der Waals surface area contributed by atoms with Gasteiger partial charge in [-0.2, -0.15) is 0 Å². The van der Waals surface area contributed by atoms with Gasteiger partial charge in [-0.1, -0.05) is 30.3 Å². The van der Waals surface area contributed by atoms with Crippen molar-refractivity contribution in [2.75, 3.05) is 19.8 Å². The fraction of sp³-hybridized carbons (Fsp3) is 0.533. The number of hydrogen-bond acceptors (Lipinski definition) is 3. The van der Waals surface area contributed by atoms with E-state index in [0.717, 1.165) is 25.2 Å². The van der Waals surface area contributed by atoms with Crippen LogP contribution in [0.2, 0.25) is 0 Å². The molecule has 0 aromatic heterocycles. The number of rotatable bonds is 5. The van der Waals surface area contributed by atoms with E-state index in [0.29, 0.717) is 19.4 Å². The van der Waals surface area contributed by atoms with Crippen LogP contribution in [-0.2, 0) is 20.7 Å². The summed E-state index contributed by atoms with van der Waals surface area (Å²) in [6, 6.07) is 9.73. The summed E-state index contributed by atoms with van der Waals surface area (Å²) in [6.45, 7) is 3.96. The number of amides is 1. The van der Waals surface area contributed by atoms with Crippen molar-refractivity contribution in [3.8, 4) is 0 Å². The normalized spacial score (nSPS) is 17.9. The molecule has 1 aliphatic rings. The Morgan fingerprint density at radius 3 is 2.63 bits per heavy atom. The van der Waals surface area contributed by atoms with Gasteiger partial charge in [0.05, 0.1) is 19.6 Å². The smallest absolute Gasteiger partial charge is 0.224 e. The van der Waals surface area contributed by atoms with E-state index in [-0.39, 0.29) is 5.91 Å². The first kappa shape index (κ1) is 14.0. The molecule has 0 unspecified atom stereocenters. The van der Waals surface area contributed by atoms with E-state index in [1.807, 2.05) is 37.3 Å². The van der Waals surface area contributed by atoms with Gasteiger partial charge in [-0.3, -0.25) is 4.79 Å². The number of carbonyl (C=O) groups is 1. The van der Waals surface area contributed by atoms with E-state index in [1.54, 1.807) is 0 Å². The Bertz CT molecular complexity index is 399. The maximum atomic E-state index is 11.8. The second kappa shape index (κ2) is 6.68. The van der Waals surface area contributed by atoms with Gasteiger partial charge in [-0.25, -0.2) is 0 Å². The van der Waals surface area contributed by atoms with E-state index >= 15 is 0 Å². The molecule has 1 aliphatic heterocycles. The SMILES string of the molecule is CC1(CCNC(=O)Cc2ccccc2)OCCCO1. The standard InChI is InChI=1S/C15H21NO3/c1-15(18-10-5-11-19-15)8-9-16-14(17)12-13-6-3-2-4-7-13/h2-4,6-7H,5,8-12H2,1H3,(H,16,17). The lowest BCUT2D eigenvalue weighted by Gasteiger charge is -2.33. The summed E-state index contributed by atoms with van der Waals surface area (Å²) >= 11 is 0. The van der Waals surface area contributed by atoms with E-state index in [4.69, 9.17) is 9.47 Å². The lowest BCUT2D eigenvalue weighted by atomic mass is 10.1. The van der Waals surface area contributed by atoms with Gasteiger partial charge >= 0.3 is 0 Å². The zero-order valence-corrected chi connectivity index (χ0v) is 11.4. The number of nitrogens with one attached hydrogen (secondary N) is 1. The molecule has 0 spiro atoms. The molecule has 0 bridgehead atoms. The minimum Gasteiger partial charge on any atom is -0.356 e. The average Bonchev–Trinajstić information content (AvgIpc) is 2.40. The molecular weight excluding hydrogens is 242 g/mol. The van der Waals surface area contributed by atoms with Crippen LogP contribution >= 0.6 is 0 Å². The first-order valence-electron chi connectivity index (χ1n) is 6.76. The van der Waals surface area contributed by atoms with Crippen LogP contribution in [0.5, 0.6) is 0 Å². The topological polar surface area (TPSA) is 47.6 Å². The number of hydrogen-bond donors (Lipinski definition) is 1. The van der Waals surface area contributed by atoms with E-state index in [9.17, 15) is 4.79 Å². The average molecular weight is 263 g/mol. The van der Waals surface area contributed by atoms with E-state index in [1.165, 1.54) is 0 Å². The summed E-state index contributed by atoms with van der Waals surface area (Å²) in [5.74, 6) is -0.510. The molecule has 1 saturated heterocycles. The van der Waals surface area contributed by atoms with Crippen LogP contribution in [0.3, 0.4) is 0 Å². The summed E-state index contributed by atoms with van der Waals surface area (Å²) in [5, 5.41) is 2.90. The minimum atomic E-state index is -0.543. The van der Waals surface area contributed by atoms with Crippen molar-refractivity contribution in [2.45, 2.75) is 32.0 Å². The number of benzene rings is 1. The van der Waals surface area contributed by atoms with Crippen LogP contribution in [0.1, 0.15) is 25.3 Å². The Kier molecular flexibility index (Phi) is 4.93. The summed E-state index contributed by atoms with van der Waals surface area (Å²) in [5.41, 5.74) is 1.02. The van der Waals surface area contributed by atoms with Crippen molar-refractivity contribution < 1.29 is 14.3 Å². The van der Waals surface area contributed by atoms with Crippen LogP contribution in [0.4, 0.5) is 0 Å². The number of carbonyl (C=O) groups excluding carboxylic acids is 1. The highest BCUT2D eigenvalue weighted by Gasteiger charge is 2.28. The molecular formula is C15H21NO3. The first-order chi connectivity index (χ1) is 9.18. The molecule has 104 valence electrons. The van der Waals surface area contributed by atoms with Gasteiger partial charge in [-0.05, 0) is 18.9 Å². The Morgan fingerprint density at radius 1 is 1.26 bits per heavy atom. The van der Waals surface area contributed by atoms with Crippen molar-refractivity contribution in [3.05, 3.63) is 35.9 Å². The third-order valence-electron chi connectivity index (χ3n) is 3.21. The molecule has 4 heteroatoms. The molecule has 1 aromatic carbocycles. The maximum Gasteiger partial charge on any atom is 0.224 e. The quantitative estimate of drug-likeness (QED) is 0.882. The Labute approximate surface area is 114 Å². The third-order valence-corrected chi connectivity index (χ3v) is 3.21. The summed E-state index contributed by atoms with van der Waals surface area (Å²) in [7, 11) is 0. The molecule has 1 heterocycles.